The van der Waals surface area contributed by atoms with E-state index < -0.39 is 0 Å². The molecule has 0 bridgehead atoms. The number of thiazole rings is 1. The molecule has 0 aliphatic heterocycles. The van der Waals surface area contributed by atoms with Crippen LogP contribution in [0.3, 0.4) is 0 Å². The van der Waals surface area contributed by atoms with Crippen LogP contribution in [0.15, 0.2) is 47.4 Å². The Hall–Kier alpha value is -2.20. The van der Waals surface area contributed by atoms with E-state index in [9.17, 15) is 4.79 Å². The summed E-state index contributed by atoms with van der Waals surface area (Å²) in [4.78, 5) is 16.7. The van der Waals surface area contributed by atoms with Gasteiger partial charge in [0.2, 0.25) is 0 Å². The van der Waals surface area contributed by atoms with Crippen molar-refractivity contribution >= 4 is 28.5 Å². The summed E-state index contributed by atoms with van der Waals surface area (Å²) in [5, 5.41) is 5.99. The average molecular weight is 296 g/mol. The lowest BCUT2D eigenvalue weighted by atomic mass is 10.2. The van der Waals surface area contributed by atoms with E-state index in [4.69, 9.17) is 0 Å². The third kappa shape index (κ3) is 3.11. The van der Waals surface area contributed by atoms with Gasteiger partial charge in [0, 0.05) is 16.6 Å². The molecule has 0 atom stereocenters. The molecule has 3 rings (SSSR count). The van der Waals surface area contributed by atoms with Crippen LogP contribution >= 0.6 is 11.3 Å². The molecule has 2 aromatic rings. The Bertz CT molecular complexity index is 738. The molecule has 3 nitrogen and oxygen atoms in total. The van der Waals surface area contributed by atoms with Gasteiger partial charge in [0.05, 0.1) is 10.7 Å². The van der Waals surface area contributed by atoms with E-state index in [0.29, 0.717) is 6.42 Å². The first-order valence-electron chi connectivity index (χ1n) is 6.83. The number of hydrogen-bond donors (Lipinski definition) is 1. The minimum absolute atomic E-state index is 0.0444. The van der Waals surface area contributed by atoms with Gasteiger partial charge in [0.1, 0.15) is 0 Å². The predicted molar refractivity (Wildman–Crippen MR) is 87.3 cm³/mol. The third-order valence-electron chi connectivity index (χ3n) is 3.39. The summed E-state index contributed by atoms with van der Waals surface area (Å²) in [5.74, 6) is -0.0444. The van der Waals surface area contributed by atoms with Crippen LogP contribution in [0.25, 0.3) is 5.57 Å². The van der Waals surface area contributed by atoms with Crippen molar-refractivity contribution in [1.29, 1.82) is 0 Å². The monoisotopic (exact) mass is 296 g/mol. The van der Waals surface area contributed by atoms with Gasteiger partial charge in [-0.1, -0.05) is 23.8 Å². The zero-order valence-corrected chi connectivity index (χ0v) is 12.8. The molecule has 106 valence electrons. The smallest absolute Gasteiger partial charge is 0.251 e. The number of carbonyl (C=O) groups is 1. The number of nitrogens with one attached hydrogen (secondary N) is 1. The molecule has 0 radical (unpaired) electrons. The van der Waals surface area contributed by atoms with Crippen LogP contribution in [0.1, 0.15) is 22.7 Å². The van der Waals surface area contributed by atoms with Crippen LogP contribution in [-0.2, 0) is 4.79 Å². The highest BCUT2D eigenvalue weighted by atomic mass is 32.1. The van der Waals surface area contributed by atoms with Crippen molar-refractivity contribution in [1.82, 2.24) is 4.98 Å². The molecular weight excluding hydrogens is 280 g/mol. The third-order valence-corrected chi connectivity index (χ3v) is 4.16. The minimum atomic E-state index is -0.0444. The Labute approximate surface area is 128 Å². The molecule has 0 fully saturated rings. The van der Waals surface area contributed by atoms with Gasteiger partial charge < -0.3 is 5.32 Å². The number of nitrogens with zero attached hydrogens (tertiary/aromatic N) is 1. The summed E-state index contributed by atoms with van der Waals surface area (Å²) in [6.45, 7) is 4.01. The summed E-state index contributed by atoms with van der Waals surface area (Å²) in [6.07, 6.45) is 4.64. The van der Waals surface area contributed by atoms with Gasteiger partial charge in [-0.25, -0.2) is 4.98 Å². The van der Waals surface area contributed by atoms with E-state index in [2.05, 4.69) is 16.4 Å². The molecule has 1 aliphatic rings. The molecule has 4 heteroatoms. The van der Waals surface area contributed by atoms with Crippen molar-refractivity contribution in [2.75, 3.05) is 5.32 Å². The van der Waals surface area contributed by atoms with E-state index >= 15 is 0 Å². The Balaban J connectivity index is 1.71. The largest absolute Gasteiger partial charge is 0.322 e. The van der Waals surface area contributed by atoms with Crippen LogP contribution in [0, 0.1) is 13.8 Å². The molecular formula is C17H16N2OS. The van der Waals surface area contributed by atoms with Crippen molar-refractivity contribution in [3.63, 3.8) is 0 Å². The lowest BCUT2D eigenvalue weighted by Crippen LogP contribution is -2.13. The van der Waals surface area contributed by atoms with Gasteiger partial charge in [-0.3, -0.25) is 4.79 Å². The van der Waals surface area contributed by atoms with E-state index in [1.54, 1.807) is 11.3 Å². The number of benzene rings is 1. The number of amides is 1. The highest BCUT2D eigenvalue weighted by Gasteiger charge is 2.16. The number of hydrogen-bond acceptors (Lipinski definition) is 3. The second-order valence-corrected chi connectivity index (χ2v) is 6.17. The van der Waals surface area contributed by atoms with E-state index in [0.717, 1.165) is 27.5 Å². The Morgan fingerprint density at radius 3 is 2.67 bits per heavy atom. The summed E-state index contributed by atoms with van der Waals surface area (Å²) in [5.41, 5.74) is 4.76. The number of carbonyl (C=O) groups excluding carboxylic acids is 1. The van der Waals surface area contributed by atoms with Gasteiger partial charge in [-0.15, -0.1) is 11.3 Å². The second kappa shape index (κ2) is 5.66. The fraction of sp³-hybridized carbons (Fsp3) is 0.176. The zero-order valence-electron chi connectivity index (χ0n) is 12.0. The highest BCUT2D eigenvalue weighted by molar-refractivity contribution is 7.09. The van der Waals surface area contributed by atoms with Crippen LogP contribution in [-0.4, -0.2) is 10.9 Å². The maximum atomic E-state index is 12.3. The lowest BCUT2D eigenvalue weighted by molar-refractivity contribution is -0.112. The topological polar surface area (TPSA) is 42.0 Å². The molecule has 1 aromatic heterocycles. The van der Waals surface area contributed by atoms with Gasteiger partial charge >= 0.3 is 0 Å². The van der Waals surface area contributed by atoms with E-state index in [-0.39, 0.29) is 5.91 Å². The summed E-state index contributed by atoms with van der Waals surface area (Å²) < 4.78 is 0. The van der Waals surface area contributed by atoms with Crippen molar-refractivity contribution < 1.29 is 4.79 Å². The molecule has 0 saturated carbocycles. The Morgan fingerprint density at radius 2 is 2.00 bits per heavy atom. The highest BCUT2D eigenvalue weighted by Crippen LogP contribution is 2.27. The molecule has 1 N–H and O–H groups in total. The Morgan fingerprint density at radius 1 is 1.24 bits per heavy atom. The number of allylic oxidation sites excluding steroid dienone is 3. The molecule has 0 spiro atoms. The van der Waals surface area contributed by atoms with Crippen molar-refractivity contribution in [2.24, 2.45) is 0 Å². The van der Waals surface area contributed by atoms with Crippen molar-refractivity contribution in [2.45, 2.75) is 20.3 Å². The Kier molecular flexibility index (Phi) is 3.71. The first kappa shape index (κ1) is 13.8. The van der Waals surface area contributed by atoms with E-state index in [1.807, 2.05) is 49.6 Å². The van der Waals surface area contributed by atoms with Gasteiger partial charge in [-0.05, 0) is 44.1 Å². The van der Waals surface area contributed by atoms with Gasteiger partial charge in [-0.2, -0.15) is 0 Å². The molecule has 0 saturated heterocycles. The number of aromatic nitrogens is 1. The van der Waals surface area contributed by atoms with Crippen LogP contribution < -0.4 is 5.32 Å². The lowest BCUT2D eigenvalue weighted by Gasteiger charge is -2.05. The quantitative estimate of drug-likeness (QED) is 0.926. The summed E-state index contributed by atoms with van der Waals surface area (Å²) in [6, 6.07) is 7.81. The molecule has 1 amide bonds. The average Bonchev–Trinajstić information content (AvgIpc) is 3.10. The van der Waals surface area contributed by atoms with Crippen LogP contribution in [0.4, 0.5) is 5.69 Å². The van der Waals surface area contributed by atoms with E-state index in [1.165, 1.54) is 5.56 Å². The maximum Gasteiger partial charge on any atom is 0.251 e. The zero-order chi connectivity index (χ0) is 14.8. The fourth-order valence-electron chi connectivity index (χ4n) is 2.21. The molecule has 21 heavy (non-hydrogen) atoms. The standard InChI is InChI=1S/C17H16N2OS/c1-11-3-7-15(8-4-11)19-17(20)14-6-5-13(9-14)16-10-21-12(2)18-16/h3-5,7-10H,6H2,1-2H3,(H,19,20). The predicted octanol–water partition coefficient (Wildman–Crippen LogP) is 4.11. The van der Waals surface area contributed by atoms with Crippen molar-refractivity contribution in [3.05, 3.63) is 63.6 Å². The van der Waals surface area contributed by atoms with Crippen LogP contribution in [0.2, 0.25) is 0 Å². The number of anilines is 1. The molecule has 0 unspecified atom stereocenters. The normalized spacial score (nSPS) is 13.8. The van der Waals surface area contributed by atoms with Crippen LogP contribution in [0.5, 0.6) is 0 Å². The van der Waals surface area contributed by atoms with Crippen molar-refractivity contribution in [3.8, 4) is 0 Å². The minimum Gasteiger partial charge on any atom is -0.322 e. The first-order chi connectivity index (χ1) is 10.1. The second-order valence-electron chi connectivity index (χ2n) is 5.11. The van der Waals surface area contributed by atoms with Gasteiger partial charge in [0.25, 0.3) is 5.91 Å². The van der Waals surface area contributed by atoms with Gasteiger partial charge in [0.15, 0.2) is 0 Å². The maximum absolute atomic E-state index is 12.3. The fourth-order valence-corrected chi connectivity index (χ4v) is 2.83. The molecule has 1 aliphatic carbocycles. The summed E-state index contributed by atoms with van der Waals surface area (Å²) in [7, 11) is 0. The summed E-state index contributed by atoms with van der Waals surface area (Å²) >= 11 is 1.62. The molecule has 1 aromatic carbocycles. The number of aryl methyl sites for hydroxylation is 2. The number of rotatable bonds is 3. The molecule has 1 heterocycles. The SMILES string of the molecule is Cc1ccc(NC(=O)C2=CC(c3csc(C)n3)=CC2)cc1. The first-order valence-corrected chi connectivity index (χ1v) is 7.71.